The third-order valence-corrected chi connectivity index (χ3v) is 20.1. The molecule has 2 radical (unpaired) electrons. The normalized spacial score (nSPS) is 14.5. The van der Waals surface area contributed by atoms with Gasteiger partial charge in [-0.3, -0.25) is 4.98 Å². The van der Waals surface area contributed by atoms with Crippen molar-refractivity contribution in [3.8, 4) is 89.7 Å². The van der Waals surface area contributed by atoms with Gasteiger partial charge in [0.05, 0.1) is 29.3 Å². The van der Waals surface area contributed by atoms with Crippen LogP contribution in [-0.4, -0.2) is 29.9 Å². The fraction of sp³-hybridized carbons (Fsp3) is 0.174. The number of rotatable bonds is 10. The summed E-state index contributed by atoms with van der Waals surface area (Å²) in [6.45, 7) is 5.86. The van der Waals surface area contributed by atoms with Gasteiger partial charge >= 0.3 is 0 Å². The van der Waals surface area contributed by atoms with Crippen LogP contribution >= 0.6 is 0 Å². The Labute approximate surface area is 762 Å². The van der Waals surface area contributed by atoms with Gasteiger partial charge in [-0.2, -0.15) is 0 Å². The minimum Gasteiger partial charge on any atom is -0.500 e. The van der Waals surface area contributed by atoms with Gasteiger partial charge in [0, 0.05) is 134 Å². The molecule has 0 saturated carbocycles. The molecule has 0 unspecified atom stereocenters. The van der Waals surface area contributed by atoms with Gasteiger partial charge in [-0.1, -0.05) is 247 Å². The Bertz CT molecular complexity index is 7920. The molecule has 0 aliphatic heterocycles. The van der Waals surface area contributed by atoms with Crippen LogP contribution in [0.15, 0.2) is 285 Å². The molecular formula is C109H94Ir2N6O4-4. The molecule has 0 N–H and O–H groups in total. The van der Waals surface area contributed by atoms with Crippen molar-refractivity contribution >= 4 is 87.9 Å². The fourth-order valence-electron chi connectivity index (χ4n) is 14.7. The maximum atomic E-state index is 8.71. The minimum absolute atomic E-state index is 0. The van der Waals surface area contributed by atoms with E-state index < -0.39 is 57.8 Å². The summed E-state index contributed by atoms with van der Waals surface area (Å²) in [6, 6.07) is 85.0. The second-order valence-electron chi connectivity index (χ2n) is 31.3. The van der Waals surface area contributed by atoms with E-state index in [9.17, 15) is 0 Å². The predicted molar refractivity (Wildman–Crippen MR) is 491 cm³/mol. The second kappa shape index (κ2) is 35.5. The van der Waals surface area contributed by atoms with Crippen molar-refractivity contribution in [1.29, 1.82) is 0 Å². The van der Waals surface area contributed by atoms with Crippen molar-refractivity contribution in [2.45, 2.75) is 117 Å². The van der Waals surface area contributed by atoms with Crippen LogP contribution in [0.2, 0.25) is 0 Å². The number of hydrogen-bond acceptors (Lipinski definition) is 10. The van der Waals surface area contributed by atoms with Gasteiger partial charge in [-0.25, -0.2) is 4.98 Å². The van der Waals surface area contributed by atoms with E-state index in [2.05, 4.69) is 97.7 Å². The van der Waals surface area contributed by atoms with Gasteiger partial charge in [0.1, 0.15) is 16.7 Å². The van der Waals surface area contributed by atoms with Crippen LogP contribution in [0.5, 0.6) is 0 Å². The first-order chi connectivity index (χ1) is 64.5. The van der Waals surface area contributed by atoms with E-state index >= 15 is 0 Å². The van der Waals surface area contributed by atoms with Gasteiger partial charge in [-0.15, -0.1) is 101 Å². The van der Waals surface area contributed by atoms with Crippen molar-refractivity contribution in [2.75, 3.05) is 0 Å². The molecule has 10 heterocycles. The third kappa shape index (κ3) is 18.4. The number of benzene rings is 10. The quantitative estimate of drug-likeness (QED) is 0.122. The Morgan fingerprint density at radius 2 is 0.926 bits per heavy atom. The zero-order chi connectivity index (χ0) is 97.8. The van der Waals surface area contributed by atoms with Crippen molar-refractivity contribution in [2.24, 2.45) is 10.8 Å². The molecule has 20 aromatic rings. The van der Waals surface area contributed by atoms with Crippen LogP contribution in [-0.2, 0) is 53.0 Å². The maximum Gasteiger partial charge on any atom is 0.216 e. The summed E-state index contributed by atoms with van der Waals surface area (Å²) in [5.74, 6) is 0. The van der Waals surface area contributed by atoms with E-state index in [4.69, 9.17) is 48.7 Å². The molecule has 10 nitrogen and oxygen atoms in total. The zero-order valence-electron chi connectivity index (χ0n) is 85.9. The molecule has 12 heteroatoms. The SMILES string of the molecule is C.[2H]C([2H])([2H])c1c[c-]c(-c2ccc(C([2H])([2H])C(C)(C)C)cn2)cc1-c1ccccc1.[2H]C([2H])([2H])c1c[c-]c(-c2ccc(C([2H])([2H])[2H])cn2)cc1.[2H]C([2H])([2H])c1cc(C)c2c(n1)oc1c(-c3cc4c(cn3)oc3cc(-c5ccc(C)cc5C([2H])([2H])[2H])ccc34)[c-]ccc12.[2H]C([2H])(c1ccc2c(c1)oc1cnc(-c3[c-]ccc4c3oc3c(-c5ccc(-c6ccc(C)cn6)cc5)cccc34)cc12)C(C)(C)C.[Ir].[Ir]. The molecule has 0 amide bonds. The number of para-hydroxylation sites is 1. The molecule has 0 aliphatic carbocycles. The predicted octanol–water partition coefficient (Wildman–Crippen LogP) is 29.5. The summed E-state index contributed by atoms with van der Waals surface area (Å²) in [5.41, 5.74) is 20.6. The molecule has 0 aliphatic rings. The molecule has 10 aromatic heterocycles. The van der Waals surface area contributed by atoms with Crippen LogP contribution in [0.3, 0.4) is 0 Å². The zero-order valence-corrected chi connectivity index (χ0v) is 71.7. The molecule has 0 atom stereocenters. The molecule has 0 bridgehead atoms. The summed E-state index contributed by atoms with van der Waals surface area (Å²) in [4.78, 5) is 26.8. The third-order valence-electron chi connectivity index (χ3n) is 20.1. The Morgan fingerprint density at radius 3 is 1.58 bits per heavy atom. The van der Waals surface area contributed by atoms with Crippen molar-refractivity contribution in [3.05, 3.63) is 348 Å². The summed E-state index contributed by atoms with van der Waals surface area (Å²) in [6.07, 6.45) is 5.07. The minimum atomic E-state index is -2.35. The smallest absolute Gasteiger partial charge is 0.216 e. The van der Waals surface area contributed by atoms with Crippen LogP contribution < -0.4 is 0 Å². The average molecular weight is 1960 g/mol. The number of aromatic nitrogens is 6. The summed E-state index contributed by atoms with van der Waals surface area (Å²) in [5, 5.41) is 7.10. The number of pyridine rings is 6. The standard InChI is InChI=1S/C40H31N2O2.C32H23N2O2.C23H24N.C13H12N.CH4.2Ir/c1-24-11-18-34(41-22-24)27-15-13-26(14-16-27)28-7-5-8-30-31-9-6-10-32(39(31)44-38(28)30)35-20-33-29-17-12-25(21-40(2,3)4)19-36(29)43-37(33)23-42-35;1-17-8-10-22(18(2)12-17)21-9-11-23-26-15-27(33-16-29(26)35-28(23)14-21)24-6-5-7-25-30-19(3)13-20(4)34-32(30)36-31(24)25;1-17-10-12-20(14-21(17)19-8-6-5-7-9-19)22-13-11-18(16-24-22)15-23(2,3)4;1-10-3-6-12(7-4-10)13-8-5-11(2)9-14-13;;;/h5-9,11-20,22-23H,21H2,1-4H3;5,7-16H,1-4H3;5-11,13-14,16H,15H2,1-4H3;3-6,8-9H,1-2H3;1H4;;/q4*-1;;;/i21D2;2D3,4D3;1D3,15D2;1D3,2D3;;;. The topological polar surface area (TPSA) is 130 Å². The molecular weight excluding hydrogens is 1840 g/mol. The van der Waals surface area contributed by atoms with E-state index in [1.807, 2.05) is 184 Å². The average Bonchev–Trinajstić information content (AvgIpc) is 1.59. The molecule has 10 aromatic carbocycles. The van der Waals surface area contributed by atoms with E-state index in [-0.39, 0.29) is 75.7 Å². The molecule has 0 spiro atoms. The Hall–Kier alpha value is -12.4. The summed E-state index contributed by atoms with van der Waals surface area (Å²) >= 11 is 0. The van der Waals surface area contributed by atoms with Crippen LogP contribution in [0.1, 0.15) is 131 Å². The van der Waals surface area contributed by atoms with Crippen molar-refractivity contribution in [1.82, 2.24) is 29.9 Å². The van der Waals surface area contributed by atoms with E-state index in [0.717, 1.165) is 116 Å². The monoisotopic (exact) mass is 1960 g/mol. The van der Waals surface area contributed by atoms with Gasteiger partial charge in [0.25, 0.3) is 0 Å². The van der Waals surface area contributed by atoms with Gasteiger partial charge < -0.3 is 37.6 Å². The molecule has 20 rings (SSSR count). The number of hydrogen-bond donors (Lipinski definition) is 0. The van der Waals surface area contributed by atoms with E-state index in [1.54, 1.807) is 67.1 Å². The van der Waals surface area contributed by atoms with E-state index in [0.29, 0.717) is 89.5 Å². The first-order valence-electron chi connectivity index (χ1n) is 48.1. The van der Waals surface area contributed by atoms with Crippen LogP contribution in [0.4, 0.5) is 0 Å². The fourth-order valence-corrected chi connectivity index (χ4v) is 14.7. The molecule has 606 valence electrons. The van der Waals surface area contributed by atoms with Gasteiger partial charge in [0.15, 0.2) is 11.2 Å². The number of furan rings is 4. The maximum absolute atomic E-state index is 8.71. The van der Waals surface area contributed by atoms with Crippen molar-refractivity contribution < 1.29 is 83.9 Å². The van der Waals surface area contributed by atoms with E-state index in [1.165, 1.54) is 30.5 Å². The Kier molecular flexibility index (Phi) is 18.7. The summed E-state index contributed by atoms with van der Waals surface area (Å²) < 4.78 is 174. The Morgan fingerprint density at radius 1 is 0.347 bits per heavy atom. The molecule has 121 heavy (non-hydrogen) atoms. The van der Waals surface area contributed by atoms with Crippen LogP contribution in [0.25, 0.3) is 178 Å². The Balaban J connectivity index is 0.000000154. The first-order valence-corrected chi connectivity index (χ1v) is 38.6. The second-order valence-corrected chi connectivity index (χ2v) is 31.3. The van der Waals surface area contributed by atoms with Gasteiger partial charge in [0.2, 0.25) is 5.71 Å². The molecule has 0 fully saturated rings. The number of nitrogens with zero attached hydrogens (tertiary/aromatic N) is 6. The molecule has 0 saturated heterocycles. The summed E-state index contributed by atoms with van der Waals surface area (Å²) in [7, 11) is 0. The van der Waals surface area contributed by atoms with Gasteiger partial charge in [-0.05, 0) is 174 Å². The number of aryl methyl sites for hydroxylation is 8. The van der Waals surface area contributed by atoms with Crippen molar-refractivity contribution in [3.63, 3.8) is 0 Å². The largest absolute Gasteiger partial charge is 0.500 e. The number of fused-ring (bicyclic) bond motifs is 12. The first kappa shape index (κ1) is 63.6. The van der Waals surface area contributed by atoms with Crippen LogP contribution in [0, 0.1) is 90.1 Å².